The molecule has 6 heteroatoms. The molecule has 0 aromatic carbocycles. The Balaban J connectivity index is 1.63. The number of H-pyrrole nitrogens is 1. The zero-order chi connectivity index (χ0) is 12.1. The Hall–Kier alpha value is -0.880. The Morgan fingerprint density at radius 1 is 1.59 bits per heavy atom. The Bertz CT molecular complexity index is 417. The van der Waals surface area contributed by atoms with Gasteiger partial charge in [0.05, 0.1) is 6.33 Å². The van der Waals surface area contributed by atoms with Gasteiger partial charge in [-0.25, -0.2) is 4.98 Å². The van der Waals surface area contributed by atoms with E-state index >= 15 is 0 Å². The highest BCUT2D eigenvalue weighted by Crippen LogP contribution is 2.28. The van der Waals surface area contributed by atoms with Crippen molar-refractivity contribution in [2.75, 3.05) is 25.1 Å². The molecule has 1 saturated carbocycles. The molecule has 0 unspecified atom stereocenters. The molecule has 94 valence electrons. The molecule has 0 bridgehead atoms. The van der Waals surface area contributed by atoms with Gasteiger partial charge in [-0.3, -0.25) is 4.79 Å². The lowest BCUT2D eigenvalue weighted by molar-refractivity contribution is 0.124. The first-order valence-electron chi connectivity index (χ1n) is 5.82. The Kier molecular flexibility index (Phi) is 4.56. The fourth-order valence-corrected chi connectivity index (χ4v) is 1.78. The third-order valence-electron chi connectivity index (χ3n) is 2.60. The molecule has 17 heavy (non-hydrogen) atoms. The first kappa shape index (κ1) is 12.6. The summed E-state index contributed by atoms with van der Waals surface area (Å²) in [5, 5.41) is 3.10. The van der Waals surface area contributed by atoms with Crippen molar-refractivity contribution in [2.24, 2.45) is 5.92 Å². The first-order chi connectivity index (χ1) is 8.27. The van der Waals surface area contributed by atoms with Crippen LogP contribution in [0.15, 0.2) is 15.6 Å². The number of aromatic nitrogens is 2. The second-order valence-electron chi connectivity index (χ2n) is 4.19. The minimum absolute atomic E-state index is 0.174. The molecule has 0 aliphatic heterocycles. The third kappa shape index (κ3) is 4.12. The van der Waals surface area contributed by atoms with E-state index in [0.717, 1.165) is 32.1 Å². The minimum atomic E-state index is -0.174. The Labute approximate surface area is 108 Å². The van der Waals surface area contributed by atoms with Crippen LogP contribution >= 0.6 is 15.9 Å². The second kappa shape index (κ2) is 6.16. The van der Waals surface area contributed by atoms with E-state index in [2.05, 4.69) is 31.2 Å². The van der Waals surface area contributed by atoms with Crippen LogP contribution < -0.4 is 10.9 Å². The summed E-state index contributed by atoms with van der Waals surface area (Å²) in [6.07, 6.45) is 4.94. The average molecular weight is 302 g/mol. The van der Waals surface area contributed by atoms with Crippen molar-refractivity contribution in [1.82, 2.24) is 9.97 Å². The number of hydrogen-bond acceptors (Lipinski definition) is 4. The lowest BCUT2D eigenvalue weighted by Crippen LogP contribution is -2.14. The van der Waals surface area contributed by atoms with E-state index < -0.39 is 0 Å². The van der Waals surface area contributed by atoms with Crippen molar-refractivity contribution in [1.29, 1.82) is 0 Å². The number of nitrogens with one attached hydrogen (secondary N) is 2. The van der Waals surface area contributed by atoms with Crippen molar-refractivity contribution >= 4 is 21.7 Å². The van der Waals surface area contributed by atoms with Gasteiger partial charge in [-0.2, -0.15) is 0 Å². The molecule has 2 rings (SSSR count). The standard InChI is InChI=1S/C11H16BrN3O2/c12-9-10(14-7-15-11(9)16)13-4-1-5-17-6-8-2-3-8/h7-8H,1-6H2,(H2,13,14,15,16). The number of hydrogen-bond donors (Lipinski definition) is 2. The van der Waals surface area contributed by atoms with Gasteiger partial charge in [-0.05, 0) is 41.1 Å². The van der Waals surface area contributed by atoms with Crippen LogP contribution in [0.2, 0.25) is 0 Å². The van der Waals surface area contributed by atoms with Crippen LogP contribution in [0.5, 0.6) is 0 Å². The number of anilines is 1. The normalized spacial score (nSPS) is 14.9. The summed E-state index contributed by atoms with van der Waals surface area (Å²) in [7, 11) is 0. The molecule has 0 spiro atoms. The van der Waals surface area contributed by atoms with Crippen molar-refractivity contribution in [2.45, 2.75) is 19.3 Å². The molecule has 1 heterocycles. The van der Waals surface area contributed by atoms with E-state index in [4.69, 9.17) is 4.74 Å². The fourth-order valence-electron chi connectivity index (χ4n) is 1.42. The van der Waals surface area contributed by atoms with Crippen LogP contribution in [-0.2, 0) is 4.74 Å². The van der Waals surface area contributed by atoms with E-state index in [0.29, 0.717) is 10.3 Å². The summed E-state index contributed by atoms with van der Waals surface area (Å²) >= 11 is 3.19. The number of halogens is 1. The summed E-state index contributed by atoms with van der Waals surface area (Å²) in [5.41, 5.74) is -0.174. The predicted octanol–water partition coefficient (Wildman–Crippen LogP) is 1.76. The molecule has 0 atom stereocenters. The Morgan fingerprint density at radius 2 is 2.41 bits per heavy atom. The second-order valence-corrected chi connectivity index (χ2v) is 4.99. The minimum Gasteiger partial charge on any atom is -0.381 e. The molecule has 0 amide bonds. The highest BCUT2D eigenvalue weighted by atomic mass is 79.9. The number of aromatic amines is 1. The highest BCUT2D eigenvalue weighted by molar-refractivity contribution is 9.10. The Morgan fingerprint density at radius 3 is 3.18 bits per heavy atom. The van der Waals surface area contributed by atoms with E-state index in [1.165, 1.54) is 19.2 Å². The maximum absolute atomic E-state index is 11.2. The monoisotopic (exact) mass is 301 g/mol. The van der Waals surface area contributed by atoms with Crippen molar-refractivity contribution in [3.63, 3.8) is 0 Å². The fraction of sp³-hybridized carbons (Fsp3) is 0.636. The number of rotatable bonds is 7. The van der Waals surface area contributed by atoms with Crippen LogP contribution in [0.4, 0.5) is 5.82 Å². The topological polar surface area (TPSA) is 67.0 Å². The molecular weight excluding hydrogens is 286 g/mol. The van der Waals surface area contributed by atoms with Crippen LogP contribution in [0.1, 0.15) is 19.3 Å². The van der Waals surface area contributed by atoms with E-state index in [9.17, 15) is 4.79 Å². The number of ether oxygens (including phenoxy) is 1. The maximum atomic E-state index is 11.2. The van der Waals surface area contributed by atoms with Gasteiger partial charge >= 0.3 is 0 Å². The SMILES string of the molecule is O=c1[nH]cnc(NCCCOCC2CC2)c1Br. The molecule has 1 aromatic rings. The lowest BCUT2D eigenvalue weighted by Gasteiger charge is -2.06. The quantitative estimate of drug-likeness (QED) is 0.753. The van der Waals surface area contributed by atoms with Gasteiger partial charge in [-0.1, -0.05) is 0 Å². The van der Waals surface area contributed by atoms with E-state index in [1.54, 1.807) is 0 Å². The van der Waals surface area contributed by atoms with Gasteiger partial charge in [-0.15, -0.1) is 0 Å². The van der Waals surface area contributed by atoms with Gasteiger partial charge < -0.3 is 15.0 Å². The molecule has 0 saturated heterocycles. The molecule has 1 aromatic heterocycles. The van der Waals surface area contributed by atoms with Gasteiger partial charge in [0.2, 0.25) is 0 Å². The van der Waals surface area contributed by atoms with Crippen LogP contribution in [0.25, 0.3) is 0 Å². The summed E-state index contributed by atoms with van der Waals surface area (Å²) < 4.78 is 5.95. The maximum Gasteiger partial charge on any atom is 0.267 e. The smallest absolute Gasteiger partial charge is 0.267 e. The summed E-state index contributed by atoms with van der Waals surface area (Å²) in [4.78, 5) is 17.8. The van der Waals surface area contributed by atoms with Crippen molar-refractivity contribution in [3.8, 4) is 0 Å². The van der Waals surface area contributed by atoms with Crippen molar-refractivity contribution < 1.29 is 4.74 Å². The van der Waals surface area contributed by atoms with Gasteiger partial charge in [0.25, 0.3) is 5.56 Å². The van der Waals surface area contributed by atoms with E-state index in [1.807, 2.05) is 0 Å². The molecular formula is C11H16BrN3O2. The van der Waals surface area contributed by atoms with Gasteiger partial charge in [0.15, 0.2) is 0 Å². The molecule has 0 radical (unpaired) electrons. The lowest BCUT2D eigenvalue weighted by atomic mass is 10.4. The van der Waals surface area contributed by atoms with Crippen molar-refractivity contribution in [3.05, 3.63) is 21.2 Å². The highest BCUT2D eigenvalue weighted by Gasteiger charge is 2.20. The molecule has 5 nitrogen and oxygen atoms in total. The van der Waals surface area contributed by atoms with Crippen LogP contribution in [-0.4, -0.2) is 29.7 Å². The summed E-state index contributed by atoms with van der Waals surface area (Å²) in [5.74, 6) is 1.39. The predicted molar refractivity (Wildman–Crippen MR) is 69.2 cm³/mol. The first-order valence-corrected chi connectivity index (χ1v) is 6.61. The number of nitrogens with zero attached hydrogens (tertiary/aromatic N) is 1. The third-order valence-corrected chi connectivity index (χ3v) is 3.34. The van der Waals surface area contributed by atoms with Gasteiger partial charge in [0, 0.05) is 19.8 Å². The summed E-state index contributed by atoms with van der Waals surface area (Å²) in [6, 6.07) is 0. The van der Waals surface area contributed by atoms with Crippen LogP contribution in [0, 0.1) is 5.92 Å². The van der Waals surface area contributed by atoms with Gasteiger partial charge in [0.1, 0.15) is 10.3 Å². The molecule has 1 aliphatic rings. The van der Waals surface area contributed by atoms with E-state index in [-0.39, 0.29) is 5.56 Å². The molecule has 2 N–H and O–H groups in total. The average Bonchev–Trinajstić information content (AvgIpc) is 3.12. The molecule has 1 aliphatic carbocycles. The van der Waals surface area contributed by atoms with Crippen LogP contribution in [0.3, 0.4) is 0 Å². The zero-order valence-electron chi connectivity index (χ0n) is 9.54. The molecule has 1 fully saturated rings. The summed E-state index contributed by atoms with van der Waals surface area (Å²) in [6.45, 7) is 2.40. The zero-order valence-corrected chi connectivity index (χ0v) is 11.1. The largest absolute Gasteiger partial charge is 0.381 e.